The van der Waals surface area contributed by atoms with Crippen LogP contribution in [-0.4, -0.2) is 17.4 Å². The second kappa shape index (κ2) is 5.67. The SMILES string of the molecule is COc1ccc(C2=NC(C)(CI)c3ccccc3O2)cc1. The molecule has 0 spiro atoms. The molecule has 3 rings (SSSR count). The van der Waals surface area contributed by atoms with Crippen molar-refractivity contribution in [3.63, 3.8) is 0 Å². The number of para-hydroxylation sites is 1. The minimum Gasteiger partial charge on any atom is -0.497 e. The summed E-state index contributed by atoms with van der Waals surface area (Å²) < 4.78 is 12.1. The van der Waals surface area contributed by atoms with Gasteiger partial charge in [-0.15, -0.1) is 0 Å². The number of rotatable bonds is 3. The highest BCUT2D eigenvalue weighted by atomic mass is 127. The molecule has 21 heavy (non-hydrogen) atoms. The average Bonchev–Trinajstić information content (AvgIpc) is 2.55. The van der Waals surface area contributed by atoms with E-state index in [4.69, 9.17) is 14.5 Å². The predicted molar refractivity (Wildman–Crippen MR) is 92.8 cm³/mol. The van der Waals surface area contributed by atoms with Crippen LogP contribution < -0.4 is 9.47 Å². The van der Waals surface area contributed by atoms with Crippen LogP contribution in [0.3, 0.4) is 0 Å². The van der Waals surface area contributed by atoms with Crippen LogP contribution in [0.25, 0.3) is 0 Å². The quantitative estimate of drug-likeness (QED) is 0.579. The summed E-state index contributed by atoms with van der Waals surface area (Å²) in [6.07, 6.45) is 0. The lowest BCUT2D eigenvalue weighted by Crippen LogP contribution is -2.31. The molecular weight excluding hydrogens is 377 g/mol. The van der Waals surface area contributed by atoms with Crippen molar-refractivity contribution in [1.29, 1.82) is 0 Å². The molecule has 1 unspecified atom stereocenters. The number of fused-ring (bicyclic) bond motifs is 1. The molecule has 0 aromatic heterocycles. The second-order valence-corrected chi connectivity index (χ2v) is 5.91. The van der Waals surface area contributed by atoms with E-state index in [9.17, 15) is 0 Å². The van der Waals surface area contributed by atoms with Gasteiger partial charge in [0.2, 0.25) is 5.90 Å². The van der Waals surface area contributed by atoms with Crippen LogP contribution in [0.15, 0.2) is 53.5 Å². The first kappa shape index (κ1) is 14.4. The zero-order valence-corrected chi connectivity index (χ0v) is 14.1. The summed E-state index contributed by atoms with van der Waals surface area (Å²) in [5.41, 5.74) is 1.84. The van der Waals surface area contributed by atoms with Gasteiger partial charge in [-0.05, 0) is 37.3 Å². The molecule has 0 fully saturated rings. The number of aliphatic imine (C=N–C) groups is 1. The van der Waals surface area contributed by atoms with Crippen molar-refractivity contribution in [1.82, 2.24) is 0 Å². The number of benzene rings is 2. The van der Waals surface area contributed by atoms with Gasteiger partial charge in [-0.25, -0.2) is 4.99 Å². The van der Waals surface area contributed by atoms with Crippen molar-refractivity contribution in [2.24, 2.45) is 4.99 Å². The number of alkyl halides is 1. The van der Waals surface area contributed by atoms with E-state index < -0.39 is 0 Å². The van der Waals surface area contributed by atoms with E-state index in [2.05, 4.69) is 35.6 Å². The molecule has 0 saturated heterocycles. The summed E-state index contributed by atoms with van der Waals surface area (Å²) in [5, 5.41) is 0. The molecule has 0 N–H and O–H groups in total. The molecule has 1 aliphatic rings. The summed E-state index contributed by atoms with van der Waals surface area (Å²) in [6, 6.07) is 15.9. The van der Waals surface area contributed by atoms with Gasteiger partial charge < -0.3 is 9.47 Å². The normalized spacial score (nSPS) is 20.2. The molecule has 0 saturated carbocycles. The standard InChI is InChI=1S/C17H16INO2/c1-17(11-18)14-5-3-4-6-15(14)21-16(19-17)12-7-9-13(20-2)10-8-12/h3-10H,11H2,1-2H3. The lowest BCUT2D eigenvalue weighted by atomic mass is 9.93. The third-order valence-electron chi connectivity index (χ3n) is 3.62. The Bertz CT molecular complexity index is 681. The zero-order valence-electron chi connectivity index (χ0n) is 12.0. The Morgan fingerprint density at radius 1 is 1.14 bits per heavy atom. The highest BCUT2D eigenvalue weighted by Crippen LogP contribution is 2.39. The largest absolute Gasteiger partial charge is 0.497 e. The molecule has 0 radical (unpaired) electrons. The number of nitrogens with zero attached hydrogens (tertiary/aromatic N) is 1. The zero-order chi connectivity index (χ0) is 14.9. The van der Waals surface area contributed by atoms with Gasteiger partial charge in [-0.2, -0.15) is 0 Å². The van der Waals surface area contributed by atoms with Gasteiger partial charge in [-0.1, -0.05) is 40.8 Å². The Morgan fingerprint density at radius 2 is 1.86 bits per heavy atom. The van der Waals surface area contributed by atoms with Crippen molar-refractivity contribution in [2.75, 3.05) is 11.5 Å². The lowest BCUT2D eigenvalue weighted by molar-refractivity contribution is 0.414. The highest BCUT2D eigenvalue weighted by molar-refractivity contribution is 14.1. The fraction of sp³-hybridized carbons (Fsp3) is 0.235. The monoisotopic (exact) mass is 393 g/mol. The first-order valence-electron chi connectivity index (χ1n) is 6.74. The summed E-state index contributed by atoms with van der Waals surface area (Å²) >= 11 is 2.38. The Hall–Kier alpha value is -1.56. The van der Waals surface area contributed by atoms with Gasteiger partial charge in [0.15, 0.2) is 0 Å². The summed E-state index contributed by atoms with van der Waals surface area (Å²) in [4.78, 5) is 4.85. The van der Waals surface area contributed by atoms with Gasteiger partial charge in [0, 0.05) is 15.6 Å². The number of hydrogen-bond donors (Lipinski definition) is 0. The Labute approximate surface area is 138 Å². The predicted octanol–water partition coefficient (Wildman–Crippen LogP) is 4.18. The van der Waals surface area contributed by atoms with E-state index >= 15 is 0 Å². The van der Waals surface area contributed by atoms with Crippen LogP contribution in [0.2, 0.25) is 0 Å². The maximum atomic E-state index is 5.99. The van der Waals surface area contributed by atoms with Crippen molar-refractivity contribution in [2.45, 2.75) is 12.5 Å². The second-order valence-electron chi connectivity index (χ2n) is 5.15. The van der Waals surface area contributed by atoms with Crippen LogP contribution in [-0.2, 0) is 5.54 Å². The van der Waals surface area contributed by atoms with Gasteiger partial charge in [0.25, 0.3) is 0 Å². The first-order chi connectivity index (χ1) is 10.2. The summed E-state index contributed by atoms with van der Waals surface area (Å²) in [6.45, 7) is 2.14. The molecular formula is C17H16INO2. The Kier molecular flexibility index (Phi) is 3.89. The van der Waals surface area contributed by atoms with Gasteiger partial charge in [0.1, 0.15) is 11.5 Å². The topological polar surface area (TPSA) is 30.8 Å². The molecule has 1 aliphatic heterocycles. The lowest BCUT2D eigenvalue weighted by Gasteiger charge is -2.31. The maximum Gasteiger partial charge on any atom is 0.222 e. The third-order valence-corrected chi connectivity index (χ3v) is 5.10. The number of methoxy groups -OCH3 is 1. The van der Waals surface area contributed by atoms with Crippen molar-refractivity contribution in [3.05, 3.63) is 59.7 Å². The first-order valence-corrected chi connectivity index (χ1v) is 8.26. The van der Waals surface area contributed by atoms with Crippen molar-refractivity contribution < 1.29 is 9.47 Å². The molecule has 0 bridgehead atoms. The van der Waals surface area contributed by atoms with Crippen LogP contribution in [0, 0.1) is 0 Å². The average molecular weight is 393 g/mol. The van der Waals surface area contributed by atoms with E-state index in [0.717, 1.165) is 27.1 Å². The third kappa shape index (κ3) is 2.64. The van der Waals surface area contributed by atoms with Crippen LogP contribution in [0.4, 0.5) is 0 Å². The highest BCUT2D eigenvalue weighted by Gasteiger charge is 2.33. The molecule has 4 heteroatoms. The Balaban J connectivity index is 2.04. The molecule has 2 aromatic carbocycles. The van der Waals surface area contributed by atoms with Crippen molar-refractivity contribution >= 4 is 28.5 Å². The van der Waals surface area contributed by atoms with E-state index in [1.165, 1.54) is 0 Å². The number of hydrogen-bond acceptors (Lipinski definition) is 3. The molecule has 0 amide bonds. The van der Waals surface area contributed by atoms with E-state index in [1.807, 2.05) is 42.5 Å². The summed E-state index contributed by atoms with van der Waals surface area (Å²) in [5.74, 6) is 2.38. The van der Waals surface area contributed by atoms with Crippen molar-refractivity contribution in [3.8, 4) is 11.5 Å². The van der Waals surface area contributed by atoms with Crippen LogP contribution in [0.1, 0.15) is 18.1 Å². The maximum absolute atomic E-state index is 5.99. The number of ether oxygens (including phenoxy) is 2. The molecule has 3 nitrogen and oxygen atoms in total. The van der Waals surface area contributed by atoms with Gasteiger partial charge in [0.05, 0.1) is 12.6 Å². The smallest absolute Gasteiger partial charge is 0.222 e. The minimum atomic E-state index is -0.259. The van der Waals surface area contributed by atoms with E-state index in [1.54, 1.807) is 7.11 Å². The fourth-order valence-electron chi connectivity index (χ4n) is 2.37. The number of halogens is 1. The molecule has 108 valence electrons. The fourth-order valence-corrected chi connectivity index (χ4v) is 2.95. The Morgan fingerprint density at radius 3 is 2.52 bits per heavy atom. The van der Waals surface area contributed by atoms with E-state index in [-0.39, 0.29) is 5.54 Å². The van der Waals surface area contributed by atoms with Gasteiger partial charge >= 0.3 is 0 Å². The van der Waals surface area contributed by atoms with Crippen LogP contribution in [0.5, 0.6) is 11.5 Å². The molecule has 0 aliphatic carbocycles. The molecule has 1 atom stereocenters. The van der Waals surface area contributed by atoms with Gasteiger partial charge in [-0.3, -0.25) is 0 Å². The minimum absolute atomic E-state index is 0.259. The summed E-state index contributed by atoms with van der Waals surface area (Å²) in [7, 11) is 1.66. The van der Waals surface area contributed by atoms with E-state index in [0.29, 0.717) is 5.90 Å². The molecule has 1 heterocycles. The molecule has 2 aromatic rings. The van der Waals surface area contributed by atoms with Crippen LogP contribution >= 0.6 is 22.6 Å².